The summed E-state index contributed by atoms with van der Waals surface area (Å²) in [5.41, 5.74) is 3.71. The zero-order chi connectivity index (χ0) is 20.1. The van der Waals surface area contributed by atoms with Gasteiger partial charge in [-0.2, -0.15) is 0 Å². The molecule has 0 N–H and O–H groups in total. The van der Waals surface area contributed by atoms with Crippen molar-refractivity contribution in [2.24, 2.45) is 0 Å². The van der Waals surface area contributed by atoms with Gasteiger partial charge in [-0.15, -0.1) is 0 Å². The molecule has 0 radical (unpaired) electrons. The van der Waals surface area contributed by atoms with E-state index in [4.69, 9.17) is 16.0 Å². The van der Waals surface area contributed by atoms with Crippen LogP contribution >= 0.6 is 0 Å². The van der Waals surface area contributed by atoms with Crippen molar-refractivity contribution in [2.75, 3.05) is 13.1 Å². The number of esters is 1. The van der Waals surface area contributed by atoms with E-state index in [0.29, 0.717) is 18.8 Å². The first-order valence-corrected chi connectivity index (χ1v) is 9.47. The third-order valence-corrected chi connectivity index (χ3v) is 4.51. The van der Waals surface area contributed by atoms with Crippen molar-refractivity contribution in [3.63, 3.8) is 0 Å². The van der Waals surface area contributed by atoms with Crippen LogP contribution in [0.4, 0.5) is 5.69 Å². The van der Waals surface area contributed by atoms with Crippen molar-refractivity contribution < 1.29 is 14.3 Å². The summed E-state index contributed by atoms with van der Waals surface area (Å²) >= 11 is 0. The molecule has 28 heavy (non-hydrogen) atoms. The van der Waals surface area contributed by atoms with Gasteiger partial charge in [0.1, 0.15) is 18.0 Å². The Kier molecular flexibility index (Phi) is 6.01. The van der Waals surface area contributed by atoms with E-state index >= 15 is 0 Å². The Morgan fingerprint density at radius 3 is 2.57 bits per heavy atom. The molecule has 0 spiro atoms. The highest BCUT2D eigenvalue weighted by Crippen LogP contribution is 2.25. The molecule has 146 valence electrons. The Bertz CT molecular complexity index is 876. The van der Waals surface area contributed by atoms with Crippen molar-refractivity contribution in [2.45, 2.75) is 45.9 Å². The standard InChI is InChI=1S/C23H26N2O3/c1-23(2,3)28-22(26)15-25-12-11-18-13-21(10-7-19(18)14-25)27-16-17-5-8-20(24-4)9-6-17/h5-10,13H,11-12,14-16H2,1-3H3. The lowest BCUT2D eigenvalue weighted by Gasteiger charge is -2.29. The molecule has 5 nitrogen and oxygen atoms in total. The lowest BCUT2D eigenvalue weighted by molar-refractivity contribution is -0.156. The number of nitrogens with zero attached hydrogens (tertiary/aromatic N) is 2. The van der Waals surface area contributed by atoms with E-state index < -0.39 is 5.60 Å². The molecule has 0 aliphatic carbocycles. The van der Waals surface area contributed by atoms with Crippen LogP contribution in [-0.2, 0) is 29.1 Å². The maximum Gasteiger partial charge on any atom is 0.320 e. The van der Waals surface area contributed by atoms with Gasteiger partial charge in [0.05, 0.1) is 13.1 Å². The van der Waals surface area contributed by atoms with Gasteiger partial charge >= 0.3 is 5.97 Å². The molecule has 0 aromatic heterocycles. The minimum Gasteiger partial charge on any atom is -0.489 e. The van der Waals surface area contributed by atoms with E-state index in [2.05, 4.69) is 21.9 Å². The number of hydrogen-bond acceptors (Lipinski definition) is 4. The fraction of sp³-hybridized carbons (Fsp3) is 0.391. The first-order chi connectivity index (χ1) is 13.3. The van der Waals surface area contributed by atoms with Gasteiger partial charge in [0, 0.05) is 13.1 Å². The van der Waals surface area contributed by atoms with E-state index in [9.17, 15) is 4.79 Å². The molecule has 0 bridgehead atoms. The average molecular weight is 378 g/mol. The maximum absolute atomic E-state index is 12.1. The second-order valence-corrected chi connectivity index (χ2v) is 8.04. The molecule has 2 aromatic carbocycles. The minimum atomic E-state index is -0.451. The van der Waals surface area contributed by atoms with E-state index in [1.165, 1.54) is 11.1 Å². The smallest absolute Gasteiger partial charge is 0.320 e. The van der Waals surface area contributed by atoms with Crippen LogP contribution < -0.4 is 4.74 Å². The molecule has 0 saturated carbocycles. The van der Waals surface area contributed by atoms with E-state index in [0.717, 1.165) is 30.8 Å². The quantitative estimate of drug-likeness (QED) is 0.567. The Morgan fingerprint density at radius 1 is 1.14 bits per heavy atom. The van der Waals surface area contributed by atoms with Crippen LogP contribution in [0.3, 0.4) is 0 Å². The number of fused-ring (bicyclic) bond motifs is 1. The van der Waals surface area contributed by atoms with Crippen LogP contribution in [0.25, 0.3) is 4.85 Å². The van der Waals surface area contributed by atoms with Gasteiger partial charge in [0.25, 0.3) is 0 Å². The summed E-state index contributed by atoms with van der Waals surface area (Å²) in [6, 6.07) is 13.6. The third kappa shape index (κ3) is 5.58. The van der Waals surface area contributed by atoms with Crippen molar-refractivity contribution in [3.8, 4) is 5.75 Å². The largest absolute Gasteiger partial charge is 0.489 e. The van der Waals surface area contributed by atoms with Gasteiger partial charge < -0.3 is 9.47 Å². The Morgan fingerprint density at radius 2 is 1.89 bits per heavy atom. The van der Waals surface area contributed by atoms with Crippen LogP contribution in [0.15, 0.2) is 42.5 Å². The molecule has 3 rings (SSSR count). The van der Waals surface area contributed by atoms with E-state index in [1.807, 2.05) is 39.0 Å². The highest BCUT2D eigenvalue weighted by Gasteiger charge is 2.22. The lowest BCUT2D eigenvalue weighted by atomic mass is 9.99. The number of rotatable bonds is 5. The molecule has 0 unspecified atom stereocenters. The maximum atomic E-state index is 12.1. The molecular formula is C23H26N2O3. The SMILES string of the molecule is [C-]#[N+]c1ccc(COc2ccc3c(c2)CCN(CC(=O)OC(C)(C)C)C3)cc1. The molecule has 0 saturated heterocycles. The van der Waals surface area contributed by atoms with Crippen molar-refractivity contribution >= 4 is 11.7 Å². The number of ether oxygens (including phenoxy) is 2. The van der Waals surface area contributed by atoms with Gasteiger partial charge in [-0.1, -0.05) is 30.3 Å². The topological polar surface area (TPSA) is 43.1 Å². The van der Waals surface area contributed by atoms with Crippen LogP contribution in [0.5, 0.6) is 5.75 Å². The zero-order valence-electron chi connectivity index (χ0n) is 16.7. The zero-order valence-corrected chi connectivity index (χ0v) is 16.7. The number of benzene rings is 2. The second-order valence-electron chi connectivity index (χ2n) is 8.04. The summed E-state index contributed by atoms with van der Waals surface area (Å²) in [5.74, 6) is 0.661. The number of hydrogen-bond donors (Lipinski definition) is 0. The van der Waals surface area contributed by atoms with E-state index in [1.54, 1.807) is 12.1 Å². The van der Waals surface area contributed by atoms with Crippen LogP contribution in [0, 0.1) is 6.57 Å². The highest BCUT2D eigenvalue weighted by atomic mass is 16.6. The van der Waals surface area contributed by atoms with Crippen LogP contribution in [-0.4, -0.2) is 29.6 Å². The Labute approximate surface area is 166 Å². The van der Waals surface area contributed by atoms with Gasteiger partial charge in [0.2, 0.25) is 0 Å². The number of carbonyl (C=O) groups is 1. The van der Waals surface area contributed by atoms with Crippen molar-refractivity contribution in [3.05, 3.63) is 70.6 Å². The molecule has 0 atom stereocenters. The molecule has 0 amide bonds. The van der Waals surface area contributed by atoms with E-state index in [-0.39, 0.29) is 5.97 Å². The average Bonchev–Trinajstić information content (AvgIpc) is 2.65. The molecule has 1 heterocycles. The lowest BCUT2D eigenvalue weighted by Crippen LogP contribution is -2.37. The predicted octanol–water partition coefficient (Wildman–Crippen LogP) is 4.52. The van der Waals surface area contributed by atoms with Gasteiger partial charge in [-0.05, 0) is 56.0 Å². The van der Waals surface area contributed by atoms with Gasteiger partial charge in [-0.25, -0.2) is 4.85 Å². The Balaban J connectivity index is 1.56. The predicted molar refractivity (Wildman–Crippen MR) is 108 cm³/mol. The molecular weight excluding hydrogens is 352 g/mol. The summed E-state index contributed by atoms with van der Waals surface area (Å²) in [7, 11) is 0. The molecule has 0 fully saturated rings. The third-order valence-electron chi connectivity index (χ3n) is 4.51. The summed E-state index contributed by atoms with van der Waals surface area (Å²) in [6.45, 7) is 15.0. The van der Waals surface area contributed by atoms with Crippen molar-refractivity contribution in [1.29, 1.82) is 0 Å². The number of carbonyl (C=O) groups excluding carboxylic acids is 1. The Hall–Kier alpha value is -2.84. The van der Waals surface area contributed by atoms with Crippen LogP contribution in [0.1, 0.15) is 37.5 Å². The fourth-order valence-electron chi connectivity index (χ4n) is 3.20. The molecule has 5 heteroatoms. The minimum absolute atomic E-state index is 0.180. The highest BCUT2D eigenvalue weighted by molar-refractivity contribution is 5.72. The normalized spacial score (nSPS) is 14.1. The molecule has 2 aromatic rings. The monoisotopic (exact) mass is 378 g/mol. The molecule has 1 aliphatic rings. The summed E-state index contributed by atoms with van der Waals surface area (Å²) < 4.78 is 11.3. The first-order valence-electron chi connectivity index (χ1n) is 9.47. The summed E-state index contributed by atoms with van der Waals surface area (Å²) in [4.78, 5) is 17.6. The first kappa shape index (κ1) is 19.9. The summed E-state index contributed by atoms with van der Waals surface area (Å²) in [6.07, 6.45) is 0.884. The van der Waals surface area contributed by atoms with Crippen molar-refractivity contribution in [1.82, 2.24) is 4.90 Å². The summed E-state index contributed by atoms with van der Waals surface area (Å²) in [5, 5.41) is 0. The fourth-order valence-corrected chi connectivity index (χ4v) is 3.20. The van der Waals surface area contributed by atoms with Gasteiger partial charge in [0.15, 0.2) is 5.69 Å². The second kappa shape index (κ2) is 8.45. The van der Waals surface area contributed by atoms with Crippen LogP contribution in [0.2, 0.25) is 0 Å². The molecule has 1 aliphatic heterocycles. The van der Waals surface area contributed by atoms with Gasteiger partial charge in [-0.3, -0.25) is 9.69 Å².